The molecule has 0 radical (unpaired) electrons. The Kier molecular flexibility index (Phi) is 4.46. The Hall–Kier alpha value is -1.84. The van der Waals surface area contributed by atoms with Crippen molar-refractivity contribution in [2.24, 2.45) is 5.92 Å². The Morgan fingerprint density at radius 1 is 0.955 bits per heavy atom. The van der Waals surface area contributed by atoms with Crippen molar-refractivity contribution < 1.29 is 9.59 Å². The molecule has 1 aromatic carbocycles. The number of hydrogen-bond donors (Lipinski definition) is 0. The highest BCUT2D eigenvalue weighted by molar-refractivity contribution is 5.81. The summed E-state index contributed by atoms with van der Waals surface area (Å²) in [5.41, 5.74) is 1.39. The van der Waals surface area contributed by atoms with Gasteiger partial charge < -0.3 is 9.80 Å². The lowest BCUT2D eigenvalue weighted by atomic mass is 9.89. The van der Waals surface area contributed by atoms with E-state index in [1.807, 2.05) is 11.0 Å². The molecule has 2 aliphatic heterocycles. The van der Waals surface area contributed by atoms with E-state index in [2.05, 4.69) is 24.3 Å². The average Bonchev–Trinajstić information content (AvgIpc) is 3.05. The first-order valence-electron chi connectivity index (χ1n) is 8.24. The van der Waals surface area contributed by atoms with Crippen LogP contribution in [0.5, 0.6) is 0 Å². The summed E-state index contributed by atoms with van der Waals surface area (Å²) in [6, 6.07) is 10.6. The van der Waals surface area contributed by atoms with E-state index in [0.29, 0.717) is 12.5 Å². The van der Waals surface area contributed by atoms with E-state index in [9.17, 15) is 9.59 Å². The molecule has 0 N–H and O–H groups in total. The average molecular weight is 300 g/mol. The molecular formula is C18H24N2O2. The molecule has 3 rings (SSSR count). The topological polar surface area (TPSA) is 40.6 Å². The maximum Gasteiger partial charge on any atom is 0.227 e. The van der Waals surface area contributed by atoms with Crippen molar-refractivity contribution >= 4 is 11.8 Å². The van der Waals surface area contributed by atoms with Gasteiger partial charge in [0.2, 0.25) is 11.8 Å². The number of benzene rings is 1. The second-order valence-corrected chi connectivity index (χ2v) is 6.46. The molecule has 22 heavy (non-hydrogen) atoms. The Morgan fingerprint density at radius 3 is 2.18 bits per heavy atom. The number of hydrogen-bond acceptors (Lipinski definition) is 2. The number of amides is 2. The van der Waals surface area contributed by atoms with Crippen molar-refractivity contribution in [3.8, 4) is 0 Å². The first-order chi connectivity index (χ1) is 10.6. The van der Waals surface area contributed by atoms with Gasteiger partial charge in [0.1, 0.15) is 0 Å². The Labute approximate surface area is 132 Å². The number of carbonyl (C=O) groups excluding carboxylic acids is 2. The molecule has 4 heteroatoms. The van der Waals surface area contributed by atoms with Crippen LogP contribution in [0.3, 0.4) is 0 Å². The van der Waals surface area contributed by atoms with Crippen LogP contribution in [-0.4, -0.2) is 47.8 Å². The van der Waals surface area contributed by atoms with Crippen molar-refractivity contribution in [2.45, 2.75) is 32.1 Å². The van der Waals surface area contributed by atoms with E-state index in [0.717, 1.165) is 38.9 Å². The van der Waals surface area contributed by atoms with Gasteiger partial charge in [-0.25, -0.2) is 0 Å². The fraction of sp³-hybridized carbons (Fsp3) is 0.556. The zero-order valence-corrected chi connectivity index (χ0v) is 13.2. The largest absolute Gasteiger partial charge is 0.342 e. The Morgan fingerprint density at radius 2 is 1.59 bits per heavy atom. The Balaban J connectivity index is 1.53. The second-order valence-electron chi connectivity index (χ2n) is 6.46. The van der Waals surface area contributed by atoms with Gasteiger partial charge in [-0.1, -0.05) is 30.3 Å². The smallest absolute Gasteiger partial charge is 0.227 e. The SMILES string of the molecule is CC(=O)N1CC[C@@H](C(=O)N2CCC(c3ccccc3)CC2)C1. The lowest BCUT2D eigenvalue weighted by Gasteiger charge is -2.33. The molecule has 0 bridgehead atoms. The molecule has 0 spiro atoms. The minimum Gasteiger partial charge on any atom is -0.342 e. The third kappa shape index (κ3) is 3.16. The van der Waals surface area contributed by atoms with Crippen LogP contribution in [0.4, 0.5) is 0 Å². The highest BCUT2D eigenvalue weighted by Gasteiger charge is 2.34. The molecule has 0 aromatic heterocycles. The zero-order chi connectivity index (χ0) is 15.5. The summed E-state index contributed by atoms with van der Waals surface area (Å²) in [4.78, 5) is 27.8. The number of piperidine rings is 1. The molecule has 2 fully saturated rings. The molecule has 1 atom stereocenters. The molecule has 0 unspecified atom stereocenters. The number of rotatable bonds is 2. The molecule has 2 saturated heterocycles. The van der Waals surface area contributed by atoms with Gasteiger partial charge >= 0.3 is 0 Å². The maximum atomic E-state index is 12.6. The summed E-state index contributed by atoms with van der Waals surface area (Å²) in [5, 5.41) is 0. The van der Waals surface area contributed by atoms with Crippen LogP contribution in [0.2, 0.25) is 0 Å². The van der Waals surface area contributed by atoms with Crippen molar-refractivity contribution in [3.63, 3.8) is 0 Å². The summed E-state index contributed by atoms with van der Waals surface area (Å²) < 4.78 is 0. The molecule has 0 aliphatic carbocycles. The van der Waals surface area contributed by atoms with Crippen molar-refractivity contribution in [1.82, 2.24) is 9.80 Å². The predicted molar refractivity (Wildman–Crippen MR) is 85.4 cm³/mol. The van der Waals surface area contributed by atoms with Crippen LogP contribution < -0.4 is 0 Å². The van der Waals surface area contributed by atoms with Crippen LogP contribution in [0.15, 0.2) is 30.3 Å². The lowest BCUT2D eigenvalue weighted by Crippen LogP contribution is -2.42. The number of likely N-dealkylation sites (tertiary alicyclic amines) is 2. The third-order valence-electron chi connectivity index (χ3n) is 5.06. The number of nitrogens with zero attached hydrogens (tertiary/aromatic N) is 2. The second kappa shape index (κ2) is 6.51. The normalized spacial score (nSPS) is 22.9. The van der Waals surface area contributed by atoms with Crippen LogP contribution in [0.1, 0.15) is 37.7 Å². The summed E-state index contributed by atoms with van der Waals surface area (Å²) >= 11 is 0. The zero-order valence-electron chi connectivity index (χ0n) is 13.2. The fourth-order valence-electron chi connectivity index (χ4n) is 3.66. The molecule has 118 valence electrons. The fourth-order valence-corrected chi connectivity index (χ4v) is 3.66. The van der Waals surface area contributed by atoms with Gasteiger partial charge in [-0.3, -0.25) is 9.59 Å². The van der Waals surface area contributed by atoms with Crippen LogP contribution in [-0.2, 0) is 9.59 Å². The minimum absolute atomic E-state index is 0.0113. The first kappa shape index (κ1) is 15.1. The summed E-state index contributed by atoms with van der Waals surface area (Å²) in [7, 11) is 0. The maximum absolute atomic E-state index is 12.6. The van der Waals surface area contributed by atoms with E-state index < -0.39 is 0 Å². The van der Waals surface area contributed by atoms with Gasteiger partial charge in [-0.15, -0.1) is 0 Å². The van der Waals surface area contributed by atoms with Gasteiger partial charge in [0.05, 0.1) is 5.92 Å². The van der Waals surface area contributed by atoms with Crippen LogP contribution in [0.25, 0.3) is 0 Å². The first-order valence-corrected chi connectivity index (χ1v) is 8.24. The van der Waals surface area contributed by atoms with Gasteiger partial charge in [0, 0.05) is 33.1 Å². The minimum atomic E-state index is 0.0113. The van der Waals surface area contributed by atoms with Gasteiger partial charge in [0.25, 0.3) is 0 Å². The highest BCUT2D eigenvalue weighted by Crippen LogP contribution is 2.29. The molecule has 1 aromatic rings. The Bertz CT molecular complexity index is 535. The van der Waals surface area contributed by atoms with Crippen LogP contribution in [0, 0.1) is 5.92 Å². The van der Waals surface area contributed by atoms with Crippen molar-refractivity contribution in [3.05, 3.63) is 35.9 Å². The van der Waals surface area contributed by atoms with Gasteiger partial charge in [-0.05, 0) is 30.7 Å². The van der Waals surface area contributed by atoms with E-state index in [4.69, 9.17) is 0 Å². The lowest BCUT2D eigenvalue weighted by molar-refractivity contribution is -0.136. The quantitative estimate of drug-likeness (QED) is 0.840. The molecule has 4 nitrogen and oxygen atoms in total. The predicted octanol–water partition coefficient (Wildman–Crippen LogP) is 2.26. The summed E-state index contributed by atoms with van der Waals surface area (Å²) in [5.74, 6) is 0.910. The monoisotopic (exact) mass is 300 g/mol. The molecule has 2 amide bonds. The van der Waals surface area contributed by atoms with Gasteiger partial charge in [0.15, 0.2) is 0 Å². The van der Waals surface area contributed by atoms with E-state index in [1.54, 1.807) is 11.8 Å². The number of carbonyl (C=O) groups is 2. The van der Waals surface area contributed by atoms with Gasteiger partial charge in [-0.2, -0.15) is 0 Å². The summed E-state index contributed by atoms with van der Waals surface area (Å²) in [6.07, 6.45) is 2.90. The third-order valence-corrected chi connectivity index (χ3v) is 5.06. The molecule has 2 aliphatic rings. The molecule has 2 heterocycles. The molecule has 0 saturated carbocycles. The summed E-state index contributed by atoms with van der Waals surface area (Å²) in [6.45, 7) is 4.60. The molecular weight excluding hydrogens is 276 g/mol. The standard InChI is InChI=1S/C18H24N2O2/c1-14(21)20-12-9-17(13-20)18(22)19-10-7-16(8-11-19)15-5-3-2-4-6-15/h2-6,16-17H,7-13H2,1H3/t17-/m1/s1. The highest BCUT2D eigenvalue weighted by atomic mass is 16.2. The van der Waals surface area contributed by atoms with E-state index >= 15 is 0 Å². The van der Waals surface area contributed by atoms with Crippen molar-refractivity contribution in [2.75, 3.05) is 26.2 Å². The van der Waals surface area contributed by atoms with Crippen LogP contribution >= 0.6 is 0 Å². The van der Waals surface area contributed by atoms with Crippen molar-refractivity contribution in [1.29, 1.82) is 0 Å². The van der Waals surface area contributed by atoms with E-state index in [1.165, 1.54) is 5.56 Å². The van der Waals surface area contributed by atoms with E-state index in [-0.39, 0.29) is 17.7 Å².